The van der Waals surface area contributed by atoms with Crippen LogP contribution in [0.25, 0.3) is 22.2 Å². The molecule has 7 rings (SSSR count). The third-order valence-electron chi connectivity index (χ3n) is 9.28. The molecule has 2 aromatic carbocycles. The number of aromatic nitrogens is 3. The second kappa shape index (κ2) is 9.82. The van der Waals surface area contributed by atoms with E-state index >= 15 is 0 Å². The molecule has 41 heavy (non-hydrogen) atoms. The van der Waals surface area contributed by atoms with Gasteiger partial charge in [-0.2, -0.15) is 8.42 Å². The normalized spacial score (nSPS) is 25.5. The van der Waals surface area contributed by atoms with E-state index in [2.05, 4.69) is 32.9 Å². The summed E-state index contributed by atoms with van der Waals surface area (Å²) in [7, 11) is -4.23. The van der Waals surface area contributed by atoms with Gasteiger partial charge in [0.05, 0.1) is 16.4 Å². The molecule has 0 unspecified atom stereocenters. The summed E-state index contributed by atoms with van der Waals surface area (Å²) in [6.45, 7) is 2.53. The van der Waals surface area contributed by atoms with Crippen molar-refractivity contribution >= 4 is 27.0 Å². The standard InChI is InChI=1S/C31H34N4O5S/c1-19-5-6-26(41(36,37)38)15-22(19)11-20-12-23(13-20)35-16-27(28-29(32)33-18-34-30(28)35)21-3-2-4-25(14-21)39-17-31-9-7-24(40-31)8-10-31/h2-6,14-16,18,20,23-24H,7-13,17H2,1H3,(H2,32,33,34)(H,36,37,38)/t20-,23-,24?,31?. The highest BCUT2D eigenvalue weighted by molar-refractivity contribution is 7.85. The van der Waals surface area contributed by atoms with Crippen molar-refractivity contribution in [3.8, 4) is 16.9 Å². The van der Waals surface area contributed by atoms with Gasteiger partial charge >= 0.3 is 0 Å². The molecule has 2 aliphatic heterocycles. The zero-order valence-electron chi connectivity index (χ0n) is 23.0. The maximum Gasteiger partial charge on any atom is 0.294 e. The first-order valence-electron chi connectivity index (χ1n) is 14.3. The van der Waals surface area contributed by atoms with Crippen molar-refractivity contribution in [3.05, 3.63) is 66.1 Å². The van der Waals surface area contributed by atoms with E-state index in [-0.39, 0.29) is 16.5 Å². The third-order valence-corrected chi connectivity index (χ3v) is 10.1. The molecule has 3 N–H and O–H groups in total. The third kappa shape index (κ3) is 4.87. The lowest BCUT2D eigenvalue weighted by Crippen LogP contribution is -2.32. The molecule has 3 fully saturated rings. The molecule has 3 aliphatic rings. The van der Waals surface area contributed by atoms with Crippen LogP contribution in [0, 0.1) is 12.8 Å². The summed E-state index contributed by atoms with van der Waals surface area (Å²) in [4.78, 5) is 8.85. The quantitative estimate of drug-likeness (QED) is 0.263. The molecular weight excluding hydrogens is 540 g/mol. The van der Waals surface area contributed by atoms with Gasteiger partial charge in [0.2, 0.25) is 0 Å². The number of hydrogen-bond donors (Lipinski definition) is 2. The first kappa shape index (κ1) is 26.4. The van der Waals surface area contributed by atoms with Crippen molar-refractivity contribution in [1.82, 2.24) is 14.5 Å². The Kier molecular flexibility index (Phi) is 6.33. The smallest absolute Gasteiger partial charge is 0.294 e. The fourth-order valence-electron chi connectivity index (χ4n) is 6.89. The molecule has 10 heteroatoms. The zero-order valence-corrected chi connectivity index (χ0v) is 23.8. The molecule has 9 nitrogen and oxygen atoms in total. The van der Waals surface area contributed by atoms with Crippen LogP contribution >= 0.6 is 0 Å². The lowest BCUT2D eigenvalue weighted by Gasteiger charge is -2.37. The van der Waals surface area contributed by atoms with Crippen LogP contribution in [0.4, 0.5) is 5.82 Å². The summed E-state index contributed by atoms with van der Waals surface area (Å²) in [5.74, 6) is 1.64. The van der Waals surface area contributed by atoms with E-state index in [0.717, 1.165) is 84.0 Å². The van der Waals surface area contributed by atoms with Gasteiger partial charge in [0.25, 0.3) is 10.1 Å². The van der Waals surface area contributed by atoms with Crippen LogP contribution in [0.2, 0.25) is 0 Å². The van der Waals surface area contributed by atoms with Gasteiger partial charge in [-0.15, -0.1) is 0 Å². The Labute approximate surface area is 239 Å². The highest BCUT2D eigenvalue weighted by atomic mass is 32.2. The summed E-state index contributed by atoms with van der Waals surface area (Å²) in [6, 6.07) is 13.1. The monoisotopic (exact) mass is 574 g/mol. The van der Waals surface area contributed by atoms with Crippen molar-refractivity contribution in [1.29, 1.82) is 0 Å². The van der Waals surface area contributed by atoms with Gasteiger partial charge in [0.1, 0.15) is 35.7 Å². The van der Waals surface area contributed by atoms with Crippen molar-refractivity contribution < 1.29 is 22.4 Å². The second-order valence-corrected chi connectivity index (χ2v) is 13.4. The molecule has 0 spiro atoms. The van der Waals surface area contributed by atoms with Crippen molar-refractivity contribution in [2.45, 2.75) is 74.5 Å². The molecule has 2 saturated heterocycles. The summed E-state index contributed by atoms with van der Waals surface area (Å²) in [5, 5.41) is 0.834. The molecule has 1 saturated carbocycles. The molecule has 1 aliphatic carbocycles. The minimum Gasteiger partial charge on any atom is -0.491 e. The Bertz CT molecular complexity index is 1740. The van der Waals surface area contributed by atoms with Crippen LogP contribution in [-0.2, 0) is 21.3 Å². The van der Waals surface area contributed by atoms with Gasteiger partial charge < -0.3 is 19.8 Å². The van der Waals surface area contributed by atoms with Crippen LogP contribution in [0.1, 0.15) is 55.7 Å². The minimum atomic E-state index is -4.23. The minimum absolute atomic E-state index is 0.0590. The second-order valence-electron chi connectivity index (χ2n) is 12.0. The van der Waals surface area contributed by atoms with Crippen molar-refractivity contribution in [2.24, 2.45) is 5.92 Å². The van der Waals surface area contributed by atoms with Crippen LogP contribution in [-0.4, -0.2) is 45.8 Å². The lowest BCUT2D eigenvalue weighted by atomic mass is 9.76. The number of nitrogen functional groups attached to an aromatic ring is 1. The molecule has 0 radical (unpaired) electrons. The van der Waals surface area contributed by atoms with E-state index < -0.39 is 10.1 Å². The van der Waals surface area contributed by atoms with E-state index in [1.807, 2.05) is 19.1 Å². The largest absolute Gasteiger partial charge is 0.491 e. The summed E-state index contributed by atoms with van der Waals surface area (Å²) in [5.41, 5.74) is 11.0. The highest BCUT2D eigenvalue weighted by Crippen LogP contribution is 2.46. The van der Waals surface area contributed by atoms with Gasteiger partial charge in [-0.25, -0.2) is 9.97 Å². The molecular formula is C31H34N4O5S. The molecule has 214 valence electrons. The summed E-state index contributed by atoms with van der Waals surface area (Å²) >= 11 is 0. The van der Waals surface area contributed by atoms with Gasteiger partial charge in [0, 0.05) is 17.8 Å². The fraction of sp³-hybridized carbons (Fsp3) is 0.419. The average molecular weight is 575 g/mol. The van der Waals surface area contributed by atoms with E-state index in [4.69, 9.17) is 15.2 Å². The number of nitrogens with zero attached hydrogens (tertiary/aromatic N) is 3. The van der Waals surface area contributed by atoms with Gasteiger partial charge in [-0.05, 0) is 98.7 Å². The Morgan fingerprint density at radius 2 is 1.95 bits per heavy atom. The van der Waals surface area contributed by atoms with E-state index in [1.165, 1.54) is 12.4 Å². The lowest BCUT2D eigenvalue weighted by molar-refractivity contribution is -0.0198. The Morgan fingerprint density at radius 3 is 2.68 bits per heavy atom. The number of benzene rings is 2. The van der Waals surface area contributed by atoms with Crippen LogP contribution in [0.5, 0.6) is 5.75 Å². The van der Waals surface area contributed by atoms with E-state index in [9.17, 15) is 13.0 Å². The number of anilines is 1. The average Bonchev–Trinajstić information content (AvgIpc) is 3.64. The van der Waals surface area contributed by atoms with Gasteiger partial charge in [-0.3, -0.25) is 4.55 Å². The first-order valence-corrected chi connectivity index (χ1v) is 15.7. The molecule has 4 aromatic rings. The van der Waals surface area contributed by atoms with Gasteiger partial charge in [0.15, 0.2) is 0 Å². The number of rotatable bonds is 8. The Balaban J connectivity index is 1.12. The number of nitrogens with two attached hydrogens (primary N) is 1. The topological polar surface area (TPSA) is 130 Å². The Morgan fingerprint density at radius 1 is 1.15 bits per heavy atom. The molecule has 4 heterocycles. The maximum absolute atomic E-state index is 11.6. The molecule has 0 amide bonds. The van der Waals surface area contributed by atoms with Gasteiger partial charge in [-0.1, -0.05) is 18.2 Å². The van der Waals surface area contributed by atoms with E-state index in [1.54, 1.807) is 12.1 Å². The number of aryl methyl sites for hydroxylation is 1. The van der Waals surface area contributed by atoms with E-state index in [0.29, 0.717) is 24.4 Å². The summed E-state index contributed by atoms with van der Waals surface area (Å²) in [6.07, 6.45) is 11.0. The summed E-state index contributed by atoms with van der Waals surface area (Å²) < 4.78 is 47.4. The SMILES string of the molecule is Cc1ccc(S(=O)(=O)O)cc1C[C@H]1C[C@H](n2cc(-c3cccc(OCC45CCC(CC4)O5)c3)c3c(N)ncnc32)C1. The van der Waals surface area contributed by atoms with Crippen molar-refractivity contribution in [2.75, 3.05) is 12.3 Å². The molecule has 0 atom stereocenters. The molecule has 2 bridgehead atoms. The predicted molar refractivity (Wildman–Crippen MR) is 155 cm³/mol. The number of ether oxygens (including phenoxy) is 2. The number of fused-ring (bicyclic) bond motifs is 3. The zero-order chi connectivity index (χ0) is 28.4. The highest BCUT2D eigenvalue weighted by Gasteiger charge is 2.46. The van der Waals surface area contributed by atoms with Crippen LogP contribution in [0.3, 0.4) is 0 Å². The number of hydrogen-bond acceptors (Lipinski definition) is 7. The van der Waals surface area contributed by atoms with Crippen LogP contribution < -0.4 is 10.5 Å². The maximum atomic E-state index is 11.6. The molecule has 2 aromatic heterocycles. The Hall–Kier alpha value is -3.47. The van der Waals surface area contributed by atoms with Crippen molar-refractivity contribution in [3.63, 3.8) is 0 Å². The predicted octanol–water partition coefficient (Wildman–Crippen LogP) is 5.52. The fourth-order valence-corrected chi connectivity index (χ4v) is 7.42. The van der Waals surface area contributed by atoms with Crippen LogP contribution in [0.15, 0.2) is 59.9 Å². The first-order chi connectivity index (χ1) is 19.7.